The Morgan fingerprint density at radius 3 is 2.04 bits per heavy atom. The molecule has 0 saturated heterocycles. The van der Waals surface area contributed by atoms with Crippen LogP contribution in [0.15, 0.2) is 77.7 Å². The molecule has 6 heteroatoms. The number of aliphatic hydroxyl groups is 1. The molecule has 0 aliphatic rings. The fraction of sp³-hybridized carbons (Fsp3) is 0.158. The predicted molar refractivity (Wildman–Crippen MR) is 91.1 cm³/mol. The Bertz CT molecular complexity index is 867. The summed E-state index contributed by atoms with van der Waals surface area (Å²) in [4.78, 5) is -0.00196. The van der Waals surface area contributed by atoms with Crippen molar-refractivity contribution in [1.82, 2.24) is 0 Å². The molecule has 25 heavy (non-hydrogen) atoms. The van der Waals surface area contributed by atoms with Gasteiger partial charge in [-0.25, -0.2) is 0 Å². The third-order valence-electron chi connectivity index (χ3n) is 3.81. The summed E-state index contributed by atoms with van der Waals surface area (Å²) in [7, 11) is 0. The fourth-order valence-corrected chi connectivity index (χ4v) is 3.29. The Morgan fingerprint density at radius 1 is 0.760 bits per heavy atom. The van der Waals surface area contributed by atoms with Crippen molar-refractivity contribution in [2.45, 2.75) is 22.2 Å². The summed E-state index contributed by atoms with van der Waals surface area (Å²) in [6, 6.07) is 18.2. The van der Waals surface area contributed by atoms with Crippen LogP contribution in [0.25, 0.3) is 10.8 Å². The monoisotopic (exact) mass is 366 g/mol. The number of benzene rings is 3. The number of alkyl halides is 4. The quantitative estimate of drug-likeness (QED) is 0.449. The van der Waals surface area contributed by atoms with Crippen LogP contribution in [-0.4, -0.2) is 16.3 Å². The van der Waals surface area contributed by atoms with Crippen LogP contribution in [0.1, 0.15) is 11.7 Å². The van der Waals surface area contributed by atoms with Crippen molar-refractivity contribution in [2.75, 3.05) is 0 Å². The van der Waals surface area contributed by atoms with Gasteiger partial charge in [-0.05, 0) is 46.3 Å². The van der Waals surface area contributed by atoms with Gasteiger partial charge in [0, 0.05) is 4.90 Å². The first-order valence-corrected chi connectivity index (χ1v) is 8.29. The number of aliphatic hydroxyl groups excluding tert-OH is 1. The van der Waals surface area contributed by atoms with Crippen LogP contribution >= 0.6 is 11.8 Å². The molecule has 0 heterocycles. The molecular formula is C19H14F4OS. The highest BCUT2D eigenvalue weighted by atomic mass is 32.2. The Hall–Kier alpha value is -2.05. The molecule has 0 aromatic heterocycles. The van der Waals surface area contributed by atoms with Crippen LogP contribution in [0.2, 0.25) is 0 Å². The van der Waals surface area contributed by atoms with Crippen molar-refractivity contribution in [2.24, 2.45) is 0 Å². The molecular weight excluding hydrogens is 352 g/mol. The highest BCUT2D eigenvalue weighted by Gasteiger charge is 2.62. The second kappa shape index (κ2) is 6.69. The van der Waals surface area contributed by atoms with E-state index in [1.54, 1.807) is 30.3 Å². The number of hydrogen-bond acceptors (Lipinski definition) is 2. The van der Waals surface area contributed by atoms with Gasteiger partial charge in [-0.1, -0.05) is 54.6 Å². The molecule has 0 aliphatic carbocycles. The standard InChI is InChI=1S/C19H14F4OS/c20-18(21,19(22,23)25-16-8-2-1-3-9-16)17(24)15-11-10-13-6-4-5-7-14(13)12-15/h1-12,17,24H. The van der Waals surface area contributed by atoms with Crippen LogP contribution < -0.4 is 0 Å². The van der Waals surface area contributed by atoms with Crippen LogP contribution in [0.3, 0.4) is 0 Å². The van der Waals surface area contributed by atoms with E-state index in [4.69, 9.17) is 0 Å². The number of thioether (sulfide) groups is 1. The smallest absolute Gasteiger partial charge is 0.363 e. The summed E-state index contributed by atoms with van der Waals surface area (Å²) >= 11 is -0.264. The van der Waals surface area contributed by atoms with Crippen LogP contribution in [0.4, 0.5) is 17.6 Å². The molecule has 1 N–H and O–H groups in total. The van der Waals surface area contributed by atoms with Crippen molar-refractivity contribution in [3.63, 3.8) is 0 Å². The summed E-state index contributed by atoms with van der Waals surface area (Å²) in [5, 5.41) is 6.87. The first-order chi connectivity index (χ1) is 11.8. The summed E-state index contributed by atoms with van der Waals surface area (Å²) in [6.45, 7) is 0. The molecule has 1 unspecified atom stereocenters. The largest absolute Gasteiger partial charge is 0.382 e. The fourth-order valence-electron chi connectivity index (χ4n) is 2.45. The maximum Gasteiger partial charge on any atom is 0.363 e. The van der Waals surface area contributed by atoms with Crippen molar-refractivity contribution in [3.05, 3.63) is 78.4 Å². The summed E-state index contributed by atoms with van der Waals surface area (Å²) in [6.07, 6.45) is -2.62. The average Bonchev–Trinajstić information content (AvgIpc) is 2.61. The lowest BCUT2D eigenvalue weighted by Crippen LogP contribution is -2.43. The second-order valence-corrected chi connectivity index (χ2v) is 6.75. The molecule has 0 saturated carbocycles. The van der Waals surface area contributed by atoms with Gasteiger partial charge in [-0.3, -0.25) is 0 Å². The minimum Gasteiger partial charge on any atom is -0.382 e. The van der Waals surface area contributed by atoms with Gasteiger partial charge in [0.05, 0.1) is 0 Å². The van der Waals surface area contributed by atoms with Crippen LogP contribution in [-0.2, 0) is 0 Å². The van der Waals surface area contributed by atoms with Crippen molar-refractivity contribution in [3.8, 4) is 0 Å². The van der Waals surface area contributed by atoms with E-state index in [1.807, 2.05) is 0 Å². The highest BCUT2D eigenvalue weighted by Crippen LogP contribution is 2.52. The van der Waals surface area contributed by atoms with E-state index in [-0.39, 0.29) is 22.2 Å². The number of rotatable bonds is 5. The minimum absolute atomic E-state index is 0.00196. The average molecular weight is 366 g/mol. The molecule has 3 aromatic rings. The molecule has 0 spiro atoms. The van der Waals surface area contributed by atoms with Crippen molar-refractivity contribution in [1.29, 1.82) is 0 Å². The maximum absolute atomic E-state index is 14.3. The van der Waals surface area contributed by atoms with Gasteiger partial charge in [-0.2, -0.15) is 17.6 Å². The molecule has 0 radical (unpaired) electrons. The lowest BCUT2D eigenvalue weighted by atomic mass is 10.00. The highest BCUT2D eigenvalue weighted by molar-refractivity contribution is 8.00. The van der Waals surface area contributed by atoms with Gasteiger partial charge in [0.15, 0.2) is 0 Å². The van der Waals surface area contributed by atoms with Crippen LogP contribution in [0.5, 0.6) is 0 Å². The van der Waals surface area contributed by atoms with E-state index >= 15 is 0 Å². The SMILES string of the molecule is OC(c1ccc2ccccc2c1)C(F)(F)C(F)(F)Sc1ccccc1. The Labute approximate surface area is 146 Å². The van der Waals surface area contributed by atoms with Gasteiger partial charge in [0.25, 0.3) is 0 Å². The Balaban J connectivity index is 1.90. The predicted octanol–water partition coefficient (Wildman–Crippen LogP) is 5.89. The molecule has 3 rings (SSSR count). The zero-order valence-electron chi connectivity index (χ0n) is 12.9. The Morgan fingerprint density at radius 2 is 1.36 bits per heavy atom. The van der Waals surface area contributed by atoms with E-state index in [1.165, 1.54) is 42.5 Å². The molecule has 1 nitrogen and oxygen atoms in total. The molecule has 0 amide bonds. The van der Waals surface area contributed by atoms with E-state index in [9.17, 15) is 22.7 Å². The maximum atomic E-state index is 14.3. The first kappa shape index (κ1) is 17.8. The minimum atomic E-state index is -4.64. The molecule has 0 fully saturated rings. The molecule has 0 bridgehead atoms. The number of hydrogen-bond donors (Lipinski definition) is 1. The normalized spacial score (nSPS) is 13.8. The summed E-state index contributed by atoms with van der Waals surface area (Å²) in [5.74, 6) is -4.64. The molecule has 1 atom stereocenters. The molecule has 0 aliphatic heterocycles. The van der Waals surface area contributed by atoms with E-state index in [0.29, 0.717) is 5.39 Å². The van der Waals surface area contributed by atoms with Gasteiger partial charge in [0.2, 0.25) is 0 Å². The summed E-state index contributed by atoms with van der Waals surface area (Å²) < 4.78 is 57.1. The number of halogens is 4. The zero-order chi connectivity index (χ0) is 18.1. The lowest BCUT2D eigenvalue weighted by molar-refractivity contribution is -0.211. The first-order valence-electron chi connectivity index (χ1n) is 7.48. The summed E-state index contributed by atoms with van der Waals surface area (Å²) in [5.41, 5.74) is -0.253. The van der Waals surface area contributed by atoms with Gasteiger partial charge >= 0.3 is 11.2 Å². The van der Waals surface area contributed by atoms with Gasteiger partial charge in [-0.15, -0.1) is 0 Å². The van der Waals surface area contributed by atoms with Crippen LogP contribution in [0, 0.1) is 0 Å². The van der Waals surface area contributed by atoms with E-state index in [0.717, 1.165) is 5.39 Å². The second-order valence-electron chi connectivity index (χ2n) is 5.56. The molecule has 130 valence electrons. The van der Waals surface area contributed by atoms with Crippen molar-refractivity contribution >= 4 is 22.5 Å². The van der Waals surface area contributed by atoms with E-state index in [2.05, 4.69) is 0 Å². The van der Waals surface area contributed by atoms with E-state index < -0.39 is 17.3 Å². The molecule has 3 aromatic carbocycles. The number of fused-ring (bicyclic) bond motifs is 1. The Kier molecular flexibility index (Phi) is 4.75. The lowest BCUT2D eigenvalue weighted by Gasteiger charge is -2.30. The third-order valence-corrected chi connectivity index (χ3v) is 4.85. The zero-order valence-corrected chi connectivity index (χ0v) is 13.7. The topological polar surface area (TPSA) is 20.2 Å². The van der Waals surface area contributed by atoms with Gasteiger partial charge < -0.3 is 5.11 Å². The van der Waals surface area contributed by atoms with Crippen molar-refractivity contribution < 1.29 is 22.7 Å². The third kappa shape index (κ3) is 3.50. The van der Waals surface area contributed by atoms with Gasteiger partial charge in [0.1, 0.15) is 6.10 Å².